The van der Waals surface area contributed by atoms with Crippen molar-refractivity contribution in [3.05, 3.63) is 48.0 Å². The van der Waals surface area contributed by atoms with Crippen molar-refractivity contribution in [3.8, 4) is 11.5 Å². The van der Waals surface area contributed by atoms with Crippen molar-refractivity contribution in [2.75, 3.05) is 12.8 Å². The summed E-state index contributed by atoms with van der Waals surface area (Å²) in [5, 5.41) is 0. The number of nitrogens with two attached hydrogens (primary N) is 1. The average Bonchev–Trinajstić information content (AvgIpc) is 2.41. The molecule has 0 saturated heterocycles. The molecule has 0 amide bonds. The van der Waals surface area contributed by atoms with Gasteiger partial charge < -0.3 is 14.7 Å². The third-order valence-corrected chi connectivity index (χ3v) is 3.94. The molecule has 106 valence electrons. The molecule has 2 aromatic carbocycles. The van der Waals surface area contributed by atoms with Gasteiger partial charge in [0.15, 0.2) is 0 Å². The van der Waals surface area contributed by atoms with Crippen molar-refractivity contribution in [2.24, 2.45) is 0 Å². The zero-order valence-electron chi connectivity index (χ0n) is 11.2. The lowest BCUT2D eigenvalue weighted by molar-refractivity contribution is 0.398. The molecular weight excluding hydrogens is 278 g/mol. The van der Waals surface area contributed by atoms with Gasteiger partial charge >= 0.3 is 10.1 Å². The van der Waals surface area contributed by atoms with Crippen molar-refractivity contribution in [1.29, 1.82) is 0 Å². The number of hydrogen-bond donors (Lipinski definition) is 1. The van der Waals surface area contributed by atoms with E-state index < -0.39 is 10.1 Å². The lowest BCUT2D eigenvalue weighted by atomic mass is 10.2. The van der Waals surface area contributed by atoms with E-state index in [2.05, 4.69) is 0 Å². The quantitative estimate of drug-likeness (QED) is 0.691. The van der Waals surface area contributed by atoms with Gasteiger partial charge in [-0.3, -0.25) is 0 Å². The fourth-order valence-electron chi connectivity index (χ4n) is 1.67. The Hall–Kier alpha value is -2.21. The summed E-state index contributed by atoms with van der Waals surface area (Å²) in [5.41, 5.74) is 6.87. The number of anilines is 1. The minimum Gasteiger partial charge on any atom is -0.495 e. The maximum atomic E-state index is 12.3. The van der Waals surface area contributed by atoms with Gasteiger partial charge in [-0.2, -0.15) is 8.42 Å². The van der Waals surface area contributed by atoms with Crippen molar-refractivity contribution >= 4 is 15.8 Å². The van der Waals surface area contributed by atoms with E-state index in [1.54, 1.807) is 31.2 Å². The molecule has 0 heterocycles. The summed E-state index contributed by atoms with van der Waals surface area (Å²) < 4.78 is 34.7. The molecule has 0 atom stereocenters. The van der Waals surface area contributed by atoms with Gasteiger partial charge in [0.25, 0.3) is 0 Å². The van der Waals surface area contributed by atoms with E-state index >= 15 is 0 Å². The first kappa shape index (κ1) is 14.2. The van der Waals surface area contributed by atoms with Crippen LogP contribution in [0.5, 0.6) is 11.5 Å². The summed E-state index contributed by atoms with van der Waals surface area (Å²) in [7, 11) is -2.55. The van der Waals surface area contributed by atoms with Gasteiger partial charge in [-0.25, -0.2) is 0 Å². The first-order valence-electron chi connectivity index (χ1n) is 5.87. The molecule has 0 saturated carbocycles. The Labute approximate surface area is 118 Å². The molecule has 0 aromatic heterocycles. The smallest absolute Gasteiger partial charge is 0.342 e. The molecule has 0 spiro atoms. The lowest BCUT2D eigenvalue weighted by Gasteiger charge is -2.11. The van der Waals surface area contributed by atoms with Gasteiger partial charge in [0.05, 0.1) is 7.11 Å². The Morgan fingerprint density at radius 3 is 2.30 bits per heavy atom. The SMILES string of the molecule is COc1ccc(C)cc1S(=O)(=O)Oc1ccc(N)cc1. The highest BCUT2D eigenvalue weighted by Crippen LogP contribution is 2.28. The fraction of sp³-hybridized carbons (Fsp3) is 0.143. The van der Waals surface area contributed by atoms with E-state index in [0.29, 0.717) is 5.69 Å². The highest BCUT2D eigenvalue weighted by atomic mass is 32.2. The third-order valence-electron chi connectivity index (χ3n) is 2.67. The maximum absolute atomic E-state index is 12.3. The molecule has 0 radical (unpaired) electrons. The summed E-state index contributed by atoms with van der Waals surface area (Å²) in [6.07, 6.45) is 0. The van der Waals surface area contributed by atoms with Crippen molar-refractivity contribution in [2.45, 2.75) is 11.8 Å². The van der Waals surface area contributed by atoms with Gasteiger partial charge in [-0.1, -0.05) is 6.07 Å². The van der Waals surface area contributed by atoms with Gasteiger partial charge in [-0.15, -0.1) is 0 Å². The number of nitrogen functional groups attached to an aromatic ring is 1. The topological polar surface area (TPSA) is 78.6 Å². The average molecular weight is 293 g/mol. The maximum Gasteiger partial charge on any atom is 0.342 e. The minimum absolute atomic E-state index is 0.00294. The van der Waals surface area contributed by atoms with Crippen molar-refractivity contribution in [3.63, 3.8) is 0 Å². The molecule has 0 aliphatic heterocycles. The summed E-state index contributed by atoms with van der Waals surface area (Å²) in [4.78, 5) is -0.00294. The summed E-state index contributed by atoms with van der Waals surface area (Å²) in [6, 6.07) is 11.0. The predicted octanol–water partition coefficient (Wildman–Crippen LogP) is 2.35. The van der Waals surface area contributed by atoms with E-state index in [1.165, 1.54) is 25.3 Å². The summed E-state index contributed by atoms with van der Waals surface area (Å²) >= 11 is 0. The highest BCUT2D eigenvalue weighted by molar-refractivity contribution is 7.87. The van der Waals surface area contributed by atoms with Crippen LogP contribution in [0.15, 0.2) is 47.4 Å². The number of aryl methyl sites for hydroxylation is 1. The summed E-state index contributed by atoms with van der Waals surface area (Å²) in [5.74, 6) is 0.439. The second kappa shape index (κ2) is 5.42. The Balaban J connectivity index is 2.40. The van der Waals surface area contributed by atoms with E-state index in [-0.39, 0.29) is 16.4 Å². The van der Waals surface area contributed by atoms with Crippen LogP contribution in [-0.2, 0) is 10.1 Å². The number of ether oxygens (including phenoxy) is 1. The zero-order chi connectivity index (χ0) is 14.8. The van der Waals surface area contributed by atoms with Gasteiger partial charge in [0.2, 0.25) is 0 Å². The second-order valence-corrected chi connectivity index (χ2v) is 5.78. The lowest BCUT2D eigenvalue weighted by Crippen LogP contribution is -2.11. The molecule has 0 aliphatic carbocycles. The normalized spacial score (nSPS) is 11.1. The van der Waals surface area contributed by atoms with E-state index in [9.17, 15) is 8.42 Å². The zero-order valence-corrected chi connectivity index (χ0v) is 12.0. The highest BCUT2D eigenvalue weighted by Gasteiger charge is 2.22. The van der Waals surface area contributed by atoms with E-state index in [4.69, 9.17) is 14.7 Å². The number of benzene rings is 2. The van der Waals surface area contributed by atoms with Crippen LogP contribution in [0, 0.1) is 6.92 Å². The largest absolute Gasteiger partial charge is 0.495 e. The van der Waals surface area contributed by atoms with Crippen LogP contribution in [0.3, 0.4) is 0 Å². The predicted molar refractivity (Wildman–Crippen MR) is 76.4 cm³/mol. The molecule has 6 heteroatoms. The molecule has 0 bridgehead atoms. The van der Waals surface area contributed by atoms with Crippen LogP contribution in [0.4, 0.5) is 5.69 Å². The fourth-order valence-corrected chi connectivity index (χ4v) is 2.86. The van der Waals surface area contributed by atoms with Crippen LogP contribution in [0.25, 0.3) is 0 Å². The number of methoxy groups -OCH3 is 1. The first-order valence-corrected chi connectivity index (χ1v) is 7.28. The van der Waals surface area contributed by atoms with Crippen molar-refractivity contribution in [1.82, 2.24) is 0 Å². The van der Waals surface area contributed by atoms with Crippen molar-refractivity contribution < 1.29 is 17.3 Å². The molecule has 0 fully saturated rings. The van der Waals surface area contributed by atoms with Crippen LogP contribution in [0.2, 0.25) is 0 Å². The van der Waals surface area contributed by atoms with Crippen LogP contribution >= 0.6 is 0 Å². The van der Waals surface area contributed by atoms with E-state index in [0.717, 1.165) is 5.56 Å². The standard InChI is InChI=1S/C14H15NO4S/c1-10-3-8-13(18-2)14(9-10)20(16,17)19-12-6-4-11(15)5-7-12/h3-9H,15H2,1-2H3. The Kier molecular flexibility index (Phi) is 3.85. The molecule has 2 N–H and O–H groups in total. The molecule has 20 heavy (non-hydrogen) atoms. The monoisotopic (exact) mass is 293 g/mol. The number of rotatable bonds is 4. The second-order valence-electron chi connectivity index (χ2n) is 4.26. The van der Waals surface area contributed by atoms with Crippen LogP contribution in [-0.4, -0.2) is 15.5 Å². The molecular formula is C14H15NO4S. The Bertz CT molecular complexity index is 708. The minimum atomic E-state index is -3.96. The molecule has 5 nitrogen and oxygen atoms in total. The van der Waals surface area contributed by atoms with Gasteiger partial charge in [0.1, 0.15) is 16.4 Å². The van der Waals surface area contributed by atoms with Crippen LogP contribution < -0.4 is 14.7 Å². The van der Waals surface area contributed by atoms with E-state index in [1.807, 2.05) is 0 Å². The third kappa shape index (κ3) is 3.03. The molecule has 0 unspecified atom stereocenters. The Morgan fingerprint density at radius 1 is 1.05 bits per heavy atom. The first-order chi connectivity index (χ1) is 9.42. The molecule has 2 rings (SSSR count). The Morgan fingerprint density at radius 2 is 1.70 bits per heavy atom. The summed E-state index contributed by atoms with van der Waals surface area (Å²) in [6.45, 7) is 1.79. The molecule has 2 aromatic rings. The van der Waals surface area contributed by atoms with Gasteiger partial charge in [0, 0.05) is 5.69 Å². The number of hydrogen-bond acceptors (Lipinski definition) is 5. The molecule has 0 aliphatic rings. The van der Waals surface area contributed by atoms with Gasteiger partial charge in [-0.05, 0) is 48.9 Å². The van der Waals surface area contributed by atoms with Crippen LogP contribution in [0.1, 0.15) is 5.56 Å².